The first-order chi connectivity index (χ1) is 14.1. The lowest BCUT2D eigenvalue weighted by Crippen LogP contribution is -2.28. The van der Waals surface area contributed by atoms with Crippen LogP contribution in [0.1, 0.15) is 12.5 Å². The average molecular weight is 468 g/mol. The zero-order chi connectivity index (χ0) is 20.4. The van der Waals surface area contributed by atoms with E-state index in [2.05, 4.69) is 26.2 Å². The Kier molecular flexibility index (Phi) is 5.60. The third-order valence-electron chi connectivity index (χ3n) is 4.70. The van der Waals surface area contributed by atoms with E-state index in [1.165, 1.54) is 22.2 Å². The number of nitrogens with one attached hydrogen (secondary N) is 1. The molecule has 1 amide bonds. The summed E-state index contributed by atoms with van der Waals surface area (Å²) in [6, 6.07) is 15.4. The van der Waals surface area contributed by atoms with Gasteiger partial charge >= 0.3 is 0 Å². The standard InChI is InChI=1S/C22H18BrN3O2S/c1-2-14-5-3-4-6-18(14)25-19(27)11-26-13-24-21-20(22(26)28)17(12-29-21)15-7-9-16(23)10-8-15/h3-10,12-13H,2,11H2,1H3,(H,25,27). The highest BCUT2D eigenvalue weighted by Gasteiger charge is 2.15. The fourth-order valence-electron chi connectivity index (χ4n) is 3.22. The summed E-state index contributed by atoms with van der Waals surface area (Å²) in [6.45, 7) is 1.95. The second-order valence-electron chi connectivity index (χ2n) is 6.57. The molecule has 29 heavy (non-hydrogen) atoms. The van der Waals surface area contributed by atoms with Crippen molar-refractivity contribution in [2.75, 3.05) is 5.32 Å². The van der Waals surface area contributed by atoms with Crippen molar-refractivity contribution in [3.63, 3.8) is 0 Å². The first-order valence-corrected chi connectivity index (χ1v) is 10.8. The number of thiophene rings is 1. The predicted molar refractivity (Wildman–Crippen MR) is 121 cm³/mol. The molecule has 0 saturated heterocycles. The minimum absolute atomic E-state index is 0.0879. The van der Waals surface area contributed by atoms with E-state index in [-0.39, 0.29) is 18.0 Å². The van der Waals surface area contributed by atoms with Gasteiger partial charge < -0.3 is 5.32 Å². The van der Waals surface area contributed by atoms with Crippen LogP contribution in [0.4, 0.5) is 5.69 Å². The number of carbonyl (C=O) groups is 1. The molecule has 0 saturated carbocycles. The van der Waals surface area contributed by atoms with Crippen molar-refractivity contribution >= 4 is 49.1 Å². The number of rotatable bonds is 5. The quantitative estimate of drug-likeness (QED) is 0.444. The van der Waals surface area contributed by atoms with Crippen LogP contribution in [-0.4, -0.2) is 15.5 Å². The highest BCUT2D eigenvalue weighted by atomic mass is 79.9. The molecule has 2 aromatic heterocycles. The number of halogens is 1. The van der Waals surface area contributed by atoms with E-state index in [0.717, 1.165) is 33.3 Å². The van der Waals surface area contributed by atoms with Crippen molar-refractivity contribution < 1.29 is 4.79 Å². The molecule has 0 radical (unpaired) electrons. The number of benzene rings is 2. The number of carbonyl (C=O) groups excluding carboxylic acids is 1. The van der Waals surface area contributed by atoms with Gasteiger partial charge in [0.2, 0.25) is 5.91 Å². The van der Waals surface area contributed by atoms with Crippen LogP contribution in [0.2, 0.25) is 0 Å². The Morgan fingerprint density at radius 3 is 2.69 bits per heavy atom. The largest absolute Gasteiger partial charge is 0.324 e. The normalized spacial score (nSPS) is 11.0. The molecule has 4 rings (SSSR count). The smallest absolute Gasteiger partial charge is 0.263 e. The van der Waals surface area contributed by atoms with Gasteiger partial charge in [0.05, 0.1) is 11.7 Å². The molecule has 5 nitrogen and oxygen atoms in total. The van der Waals surface area contributed by atoms with Gasteiger partial charge in [-0.2, -0.15) is 0 Å². The number of nitrogens with zero attached hydrogens (tertiary/aromatic N) is 2. The molecule has 0 aliphatic carbocycles. The van der Waals surface area contributed by atoms with E-state index in [1.807, 2.05) is 60.8 Å². The summed E-state index contributed by atoms with van der Waals surface area (Å²) in [5.41, 5.74) is 3.39. The summed E-state index contributed by atoms with van der Waals surface area (Å²) >= 11 is 4.85. The summed E-state index contributed by atoms with van der Waals surface area (Å²) in [7, 11) is 0. The van der Waals surface area contributed by atoms with Gasteiger partial charge in [0.25, 0.3) is 5.56 Å². The topological polar surface area (TPSA) is 64.0 Å². The monoisotopic (exact) mass is 467 g/mol. The predicted octanol–water partition coefficient (Wildman–Crippen LogP) is 5.09. The summed E-state index contributed by atoms with van der Waals surface area (Å²) < 4.78 is 2.33. The lowest BCUT2D eigenvalue weighted by Gasteiger charge is -2.11. The van der Waals surface area contributed by atoms with Crippen LogP contribution in [0.3, 0.4) is 0 Å². The van der Waals surface area contributed by atoms with Crippen LogP contribution in [-0.2, 0) is 17.8 Å². The average Bonchev–Trinajstić information content (AvgIpc) is 3.16. The van der Waals surface area contributed by atoms with Crippen LogP contribution in [0, 0.1) is 0 Å². The maximum Gasteiger partial charge on any atom is 0.263 e. The molecule has 2 aromatic carbocycles. The Hall–Kier alpha value is -2.77. The Morgan fingerprint density at radius 2 is 1.93 bits per heavy atom. The molecule has 1 N–H and O–H groups in total. The van der Waals surface area contributed by atoms with Crippen LogP contribution in [0.5, 0.6) is 0 Å². The highest BCUT2D eigenvalue weighted by Crippen LogP contribution is 2.31. The van der Waals surface area contributed by atoms with Gasteiger partial charge in [-0.15, -0.1) is 11.3 Å². The fraction of sp³-hybridized carbons (Fsp3) is 0.136. The third kappa shape index (κ3) is 4.02. The number of fused-ring (bicyclic) bond motifs is 1. The van der Waals surface area contributed by atoms with Crippen molar-refractivity contribution in [2.24, 2.45) is 0 Å². The SMILES string of the molecule is CCc1ccccc1NC(=O)Cn1cnc2scc(-c3ccc(Br)cc3)c2c1=O. The van der Waals surface area contributed by atoms with Crippen LogP contribution in [0.15, 0.2) is 69.5 Å². The van der Waals surface area contributed by atoms with E-state index < -0.39 is 0 Å². The van der Waals surface area contributed by atoms with Gasteiger partial charge in [-0.3, -0.25) is 14.2 Å². The van der Waals surface area contributed by atoms with Gasteiger partial charge in [0.1, 0.15) is 11.4 Å². The number of aryl methyl sites for hydroxylation is 1. The number of hydrogen-bond donors (Lipinski definition) is 1. The Balaban J connectivity index is 1.65. The van der Waals surface area contributed by atoms with E-state index in [1.54, 1.807) is 0 Å². The molecule has 0 spiro atoms. The Bertz CT molecular complexity index is 1250. The zero-order valence-electron chi connectivity index (χ0n) is 15.7. The first-order valence-electron chi connectivity index (χ1n) is 9.17. The van der Waals surface area contributed by atoms with Gasteiger partial charge in [0, 0.05) is 21.1 Å². The van der Waals surface area contributed by atoms with Crippen molar-refractivity contribution in [3.05, 3.63) is 80.6 Å². The minimum atomic E-state index is -0.255. The van der Waals surface area contributed by atoms with Gasteiger partial charge in [0.15, 0.2) is 0 Å². The molecule has 0 aliphatic rings. The molecule has 0 aliphatic heterocycles. The second kappa shape index (κ2) is 8.31. The van der Waals surface area contributed by atoms with Crippen LogP contribution >= 0.6 is 27.3 Å². The van der Waals surface area contributed by atoms with Gasteiger partial charge in [-0.05, 0) is 35.7 Å². The van der Waals surface area contributed by atoms with Crippen LogP contribution < -0.4 is 10.9 Å². The Labute approximate surface area is 180 Å². The summed E-state index contributed by atoms with van der Waals surface area (Å²) in [6.07, 6.45) is 2.26. The minimum Gasteiger partial charge on any atom is -0.324 e. The number of para-hydroxylation sites is 1. The maximum absolute atomic E-state index is 13.1. The summed E-state index contributed by atoms with van der Waals surface area (Å²) in [5, 5.41) is 5.38. The number of amides is 1. The van der Waals surface area contributed by atoms with E-state index in [4.69, 9.17) is 0 Å². The lowest BCUT2D eigenvalue weighted by atomic mass is 10.1. The van der Waals surface area contributed by atoms with Crippen molar-refractivity contribution in [1.82, 2.24) is 9.55 Å². The molecular formula is C22H18BrN3O2S. The van der Waals surface area contributed by atoms with Crippen molar-refractivity contribution in [2.45, 2.75) is 19.9 Å². The molecule has 7 heteroatoms. The van der Waals surface area contributed by atoms with Crippen LogP contribution in [0.25, 0.3) is 21.3 Å². The molecule has 0 bridgehead atoms. The summed E-state index contributed by atoms with van der Waals surface area (Å²) in [5.74, 6) is -0.255. The molecule has 146 valence electrons. The molecule has 2 heterocycles. The molecule has 0 atom stereocenters. The summed E-state index contributed by atoms with van der Waals surface area (Å²) in [4.78, 5) is 30.7. The zero-order valence-corrected chi connectivity index (χ0v) is 18.1. The lowest BCUT2D eigenvalue weighted by molar-refractivity contribution is -0.116. The van der Waals surface area contributed by atoms with E-state index in [9.17, 15) is 9.59 Å². The first kappa shape index (κ1) is 19.5. The molecule has 0 unspecified atom stereocenters. The van der Waals surface area contributed by atoms with Gasteiger partial charge in [-0.1, -0.05) is 53.2 Å². The molecule has 0 fully saturated rings. The van der Waals surface area contributed by atoms with Gasteiger partial charge in [-0.25, -0.2) is 4.98 Å². The second-order valence-corrected chi connectivity index (χ2v) is 8.35. The highest BCUT2D eigenvalue weighted by molar-refractivity contribution is 9.10. The van der Waals surface area contributed by atoms with E-state index >= 15 is 0 Å². The molecule has 4 aromatic rings. The van der Waals surface area contributed by atoms with Crippen molar-refractivity contribution in [3.8, 4) is 11.1 Å². The molecular weight excluding hydrogens is 450 g/mol. The van der Waals surface area contributed by atoms with E-state index in [0.29, 0.717) is 10.2 Å². The third-order valence-corrected chi connectivity index (χ3v) is 6.12. The Morgan fingerprint density at radius 1 is 1.17 bits per heavy atom. The maximum atomic E-state index is 13.1. The number of hydrogen-bond acceptors (Lipinski definition) is 4. The number of anilines is 1. The number of aromatic nitrogens is 2. The fourth-order valence-corrected chi connectivity index (χ4v) is 4.39. The van der Waals surface area contributed by atoms with Crippen molar-refractivity contribution in [1.29, 1.82) is 0 Å².